The smallest absolute Gasteiger partial charge is 0.337 e. The molecular weight excluding hydrogens is 244 g/mol. The van der Waals surface area contributed by atoms with Gasteiger partial charge in [-0.2, -0.15) is 5.26 Å². The summed E-state index contributed by atoms with van der Waals surface area (Å²) in [7, 11) is 1.37. The van der Waals surface area contributed by atoms with Crippen LogP contribution in [0.25, 0.3) is 0 Å². The third kappa shape index (κ3) is 3.53. The van der Waals surface area contributed by atoms with Crippen LogP contribution in [0.2, 0.25) is 0 Å². The van der Waals surface area contributed by atoms with E-state index in [1.165, 1.54) is 7.11 Å². The Bertz CT molecular complexity index is 478. The highest BCUT2D eigenvalue weighted by molar-refractivity contribution is 5.89. The fourth-order valence-corrected chi connectivity index (χ4v) is 2.05. The third-order valence-corrected chi connectivity index (χ3v) is 3.08. The summed E-state index contributed by atoms with van der Waals surface area (Å²) in [5.74, 6) is -0.331. The van der Waals surface area contributed by atoms with Crippen LogP contribution < -0.4 is 0 Å². The van der Waals surface area contributed by atoms with Gasteiger partial charge in [0.1, 0.15) is 0 Å². The van der Waals surface area contributed by atoms with E-state index in [0.717, 1.165) is 18.7 Å². The SMILES string of the molecule is COC(=O)c1ccc(CN2CCOC(C#N)C2)cc1. The molecule has 1 aromatic carbocycles. The number of hydrogen-bond donors (Lipinski definition) is 0. The zero-order valence-electron chi connectivity index (χ0n) is 10.8. The van der Waals surface area contributed by atoms with Gasteiger partial charge in [0.2, 0.25) is 0 Å². The first-order valence-corrected chi connectivity index (χ1v) is 6.14. The van der Waals surface area contributed by atoms with E-state index in [-0.39, 0.29) is 12.1 Å². The first-order chi connectivity index (χ1) is 9.22. The molecule has 1 atom stereocenters. The van der Waals surface area contributed by atoms with Gasteiger partial charge < -0.3 is 9.47 Å². The molecule has 100 valence electrons. The molecule has 0 amide bonds. The van der Waals surface area contributed by atoms with E-state index in [4.69, 9.17) is 10.00 Å². The van der Waals surface area contributed by atoms with Crippen molar-refractivity contribution in [2.75, 3.05) is 26.8 Å². The lowest BCUT2D eigenvalue weighted by Crippen LogP contribution is -2.41. The van der Waals surface area contributed by atoms with Crippen LogP contribution in [0.5, 0.6) is 0 Å². The van der Waals surface area contributed by atoms with Crippen molar-refractivity contribution >= 4 is 5.97 Å². The van der Waals surface area contributed by atoms with Crippen LogP contribution in [0.1, 0.15) is 15.9 Å². The molecule has 1 saturated heterocycles. The van der Waals surface area contributed by atoms with E-state index in [9.17, 15) is 4.79 Å². The number of carbonyl (C=O) groups is 1. The summed E-state index contributed by atoms with van der Waals surface area (Å²) >= 11 is 0. The Labute approximate surface area is 112 Å². The first-order valence-electron chi connectivity index (χ1n) is 6.14. The lowest BCUT2D eigenvalue weighted by Gasteiger charge is -2.29. The predicted molar refractivity (Wildman–Crippen MR) is 68.4 cm³/mol. The van der Waals surface area contributed by atoms with Crippen LogP contribution in [0.4, 0.5) is 0 Å². The number of benzene rings is 1. The van der Waals surface area contributed by atoms with Gasteiger partial charge in [0.25, 0.3) is 0 Å². The maximum absolute atomic E-state index is 11.3. The zero-order valence-corrected chi connectivity index (χ0v) is 10.8. The molecule has 0 aliphatic carbocycles. The third-order valence-electron chi connectivity index (χ3n) is 3.08. The highest BCUT2D eigenvalue weighted by Gasteiger charge is 2.19. The van der Waals surface area contributed by atoms with Crippen LogP contribution in [0.15, 0.2) is 24.3 Å². The minimum absolute atomic E-state index is 0.331. The molecule has 0 bridgehead atoms. The molecule has 1 aliphatic rings. The summed E-state index contributed by atoms with van der Waals surface area (Å²) < 4.78 is 9.95. The first kappa shape index (κ1) is 13.5. The average Bonchev–Trinajstić information content (AvgIpc) is 2.47. The van der Waals surface area contributed by atoms with E-state index in [1.54, 1.807) is 12.1 Å². The largest absolute Gasteiger partial charge is 0.465 e. The van der Waals surface area contributed by atoms with E-state index in [1.807, 2.05) is 12.1 Å². The number of ether oxygens (including phenoxy) is 2. The lowest BCUT2D eigenvalue weighted by molar-refractivity contribution is -0.00269. The van der Waals surface area contributed by atoms with Crippen molar-refractivity contribution in [2.24, 2.45) is 0 Å². The van der Waals surface area contributed by atoms with Gasteiger partial charge >= 0.3 is 5.97 Å². The highest BCUT2D eigenvalue weighted by atomic mass is 16.5. The Morgan fingerprint density at radius 1 is 1.53 bits per heavy atom. The lowest BCUT2D eigenvalue weighted by atomic mass is 10.1. The Morgan fingerprint density at radius 3 is 2.89 bits per heavy atom. The molecule has 0 spiro atoms. The number of rotatable bonds is 3. The second-order valence-electron chi connectivity index (χ2n) is 4.41. The maximum atomic E-state index is 11.3. The summed E-state index contributed by atoms with van der Waals surface area (Å²) in [5, 5.41) is 8.85. The zero-order chi connectivity index (χ0) is 13.7. The quantitative estimate of drug-likeness (QED) is 0.764. The molecule has 1 heterocycles. The van der Waals surface area contributed by atoms with Crippen LogP contribution in [-0.2, 0) is 16.0 Å². The fraction of sp³-hybridized carbons (Fsp3) is 0.429. The van der Waals surface area contributed by atoms with Crippen molar-refractivity contribution in [3.05, 3.63) is 35.4 Å². The maximum Gasteiger partial charge on any atom is 0.337 e. The van der Waals surface area contributed by atoms with Crippen molar-refractivity contribution in [3.63, 3.8) is 0 Å². The molecule has 19 heavy (non-hydrogen) atoms. The molecule has 1 unspecified atom stereocenters. The summed E-state index contributed by atoms with van der Waals surface area (Å²) in [4.78, 5) is 13.5. The molecule has 1 aromatic rings. The van der Waals surface area contributed by atoms with Crippen LogP contribution >= 0.6 is 0 Å². The number of nitrogens with zero attached hydrogens (tertiary/aromatic N) is 2. The molecule has 1 aliphatic heterocycles. The second kappa shape index (κ2) is 6.32. The summed E-state index contributed by atoms with van der Waals surface area (Å²) in [6, 6.07) is 9.44. The molecule has 1 fully saturated rings. The summed E-state index contributed by atoms with van der Waals surface area (Å²) in [6.45, 7) is 2.77. The molecular formula is C14H16N2O3. The molecule has 5 nitrogen and oxygen atoms in total. The Morgan fingerprint density at radius 2 is 2.26 bits per heavy atom. The molecule has 0 radical (unpaired) electrons. The minimum Gasteiger partial charge on any atom is -0.465 e. The average molecular weight is 260 g/mol. The van der Waals surface area contributed by atoms with E-state index in [0.29, 0.717) is 18.7 Å². The number of nitriles is 1. The minimum atomic E-state index is -0.344. The number of esters is 1. The Balaban J connectivity index is 1.96. The number of morpholine rings is 1. The van der Waals surface area contributed by atoms with Crippen molar-refractivity contribution in [3.8, 4) is 6.07 Å². The monoisotopic (exact) mass is 260 g/mol. The summed E-state index contributed by atoms with van der Waals surface area (Å²) in [6.07, 6.45) is -0.344. The van der Waals surface area contributed by atoms with Gasteiger partial charge in [-0.3, -0.25) is 4.90 Å². The number of methoxy groups -OCH3 is 1. The number of carbonyl (C=O) groups excluding carboxylic acids is 1. The van der Waals surface area contributed by atoms with Crippen LogP contribution in [0.3, 0.4) is 0 Å². The Hall–Kier alpha value is -1.90. The van der Waals surface area contributed by atoms with Gasteiger partial charge in [0, 0.05) is 19.6 Å². The molecule has 2 rings (SSSR count). The normalized spacial score (nSPS) is 19.7. The van der Waals surface area contributed by atoms with Crippen molar-refractivity contribution in [1.29, 1.82) is 5.26 Å². The van der Waals surface area contributed by atoms with Crippen LogP contribution in [0, 0.1) is 11.3 Å². The van der Waals surface area contributed by atoms with E-state index in [2.05, 4.69) is 15.7 Å². The summed E-state index contributed by atoms with van der Waals surface area (Å²) in [5.41, 5.74) is 1.65. The van der Waals surface area contributed by atoms with E-state index >= 15 is 0 Å². The predicted octanol–water partition coefficient (Wildman–Crippen LogP) is 1.20. The van der Waals surface area contributed by atoms with Crippen LogP contribution in [-0.4, -0.2) is 43.8 Å². The van der Waals surface area contributed by atoms with E-state index < -0.39 is 0 Å². The van der Waals surface area contributed by atoms with Gasteiger partial charge in [-0.15, -0.1) is 0 Å². The standard InChI is InChI=1S/C14H16N2O3/c1-18-14(17)12-4-2-11(3-5-12)9-16-6-7-19-13(8-15)10-16/h2-5,13H,6-7,9-10H2,1H3. The Kier molecular flexibility index (Phi) is 4.50. The van der Waals surface area contributed by atoms with Crippen molar-refractivity contribution in [1.82, 2.24) is 4.90 Å². The fourth-order valence-electron chi connectivity index (χ4n) is 2.05. The van der Waals surface area contributed by atoms with Gasteiger partial charge in [0.15, 0.2) is 6.10 Å². The van der Waals surface area contributed by atoms with Crippen molar-refractivity contribution in [2.45, 2.75) is 12.6 Å². The highest BCUT2D eigenvalue weighted by Crippen LogP contribution is 2.11. The number of hydrogen-bond acceptors (Lipinski definition) is 5. The second-order valence-corrected chi connectivity index (χ2v) is 4.41. The molecule has 0 aromatic heterocycles. The van der Waals surface area contributed by atoms with Gasteiger partial charge in [0.05, 0.1) is 25.3 Å². The van der Waals surface area contributed by atoms with Crippen molar-refractivity contribution < 1.29 is 14.3 Å². The van der Waals surface area contributed by atoms with Gasteiger partial charge in [-0.25, -0.2) is 4.79 Å². The molecule has 0 N–H and O–H groups in total. The molecule has 5 heteroatoms. The van der Waals surface area contributed by atoms with Gasteiger partial charge in [-0.1, -0.05) is 12.1 Å². The van der Waals surface area contributed by atoms with Gasteiger partial charge in [-0.05, 0) is 17.7 Å². The topological polar surface area (TPSA) is 62.6 Å². The molecule has 0 saturated carbocycles.